The van der Waals surface area contributed by atoms with Crippen LogP contribution in [0.2, 0.25) is 0 Å². The normalized spacial score (nSPS) is 23.8. The first-order valence-corrected chi connectivity index (χ1v) is 22.2. The summed E-state index contributed by atoms with van der Waals surface area (Å²) in [5.74, 6) is 0.345. The van der Waals surface area contributed by atoms with Crippen LogP contribution in [0.15, 0.2) is 102 Å². The lowest BCUT2D eigenvalue weighted by molar-refractivity contribution is -0.255. The number of amides is 1. The Morgan fingerprint density at radius 2 is 1.68 bits per heavy atom. The van der Waals surface area contributed by atoms with Gasteiger partial charge in [-0.1, -0.05) is 79.5 Å². The number of rotatable bonds is 20. The Morgan fingerprint density at radius 1 is 0.983 bits per heavy atom. The van der Waals surface area contributed by atoms with E-state index in [4.69, 9.17) is 40.5 Å². The Bertz CT molecular complexity index is 1930. The van der Waals surface area contributed by atoms with Gasteiger partial charge in [0.1, 0.15) is 35.5 Å². The Labute approximate surface area is 361 Å². The van der Waals surface area contributed by atoms with E-state index in [1.807, 2.05) is 70.2 Å². The van der Waals surface area contributed by atoms with Crippen LogP contribution in [0.1, 0.15) is 90.5 Å². The zero-order valence-corrected chi connectivity index (χ0v) is 36.4. The van der Waals surface area contributed by atoms with Crippen molar-refractivity contribution in [1.29, 1.82) is 0 Å². The fraction of sp³-hybridized carbons (Fsp3) is 0.510. The number of nitrogens with zero attached hydrogens (tertiary/aromatic N) is 2. The lowest BCUT2D eigenvalue weighted by atomic mass is 9.55. The second kappa shape index (κ2) is 21.0. The van der Waals surface area contributed by atoms with Crippen LogP contribution in [0.5, 0.6) is 17.2 Å². The highest BCUT2D eigenvalue weighted by Crippen LogP contribution is 2.62. The van der Waals surface area contributed by atoms with Gasteiger partial charge in [-0.3, -0.25) is 4.90 Å². The number of benzene rings is 3. The Hall–Kier alpha value is -4.35. The molecule has 1 aliphatic heterocycles. The molecule has 0 aromatic heterocycles. The van der Waals surface area contributed by atoms with Gasteiger partial charge < -0.3 is 34.0 Å². The van der Waals surface area contributed by atoms with Crippen LogP contribution in [-0.2, 0) is 14.3 Å². The van der Waals surface area contributed by atoms with E-state index in [9.17, 15) is 15.0 Å². The molecule has 11 heteroatoms. The maximum Gasteiger partial charge on any atom is 0.410 e. The van der Waals surface area contributed by atoms with Crippen molar-refractivity contribution in [2.45, 2.75) is 102 Å². The van der Waals surface area contributed by atoms with Crippen LogP contribution in [-0.4, -0.2) is 83.2 Å². The van der Waals surface area contributed by atoms with E-state index >= 15 is 0 Å². The summed E-state index contributed by atoms with van der Waals surface area (Å²) in [7, 11) is 0. The minimum absolute atomic E-state index is 0.0586. The van der Waals surface area contributed by atoms with E-state index in [0.717, 1.165) is 53.7 Å². The zero-order valence-electron chi connectivity index (χ0n) is 35.7. The second-order valence-corrected chi connectivity index (χ2v) is 17.3. The molecule has 10 nitrogen and oxygen atoms in total. The van der Waals surface area contributed by atoms with Gasteiger partial charge in [0.15, 0.2) is 0 Å². The van der Waals surface area contributed by atoms with Crippen LogP contribution < -0.4 is 9.47 Å². The Kier molecular flexibility index (Phi) is 15.8. The number of aliphatic hydroxyl groups is 2. The molecule has 60 heavy (non-hydrogen) atoms. The largest absolute Gasteiger partial charge is 0.459 e. The highest BCUT2D eigenvalue weighted by atomic mass is 35.5. The van der Waals surface area contributed by atoms with Gasteiger partial charge in [-0.25, -0.2) is 4.79 Å². The molecule has 1 fully saturated rings. The summed E-state index contributed by atoms with van der Waals surface area (Å²) in [4.78, 5) is 22.1. The quantitative estimate of drug-likeness (QED) is 0.0500. The first-order chi connectivity index (χ1) is 29.1. The molecule has 3 aliphatic rings. The Morgan fingerprint density at radius 3 is 2.35 bits per heavy atom. The number of fused-ring (bicyclic) bond motifs is 2. The SMILES string of the molecule is C=CCO[C@@]12Oc3ccc(Oc4ccc(-c5ccccc5)cc4)cc3[C@H]3[C@H](CCCCO)[C@@H](CCCCO)C=C(C(=NOC(C)(C)C)C[C@@H]1N(CCC)C(=O)OCCCl)[C@H]32. The van der Waals surface area contributed by atoms with Crippen LogP contribution >= 0.6 is 11.6 Å². The number of carbonyl (C=O) groups excluding carboxylic acids is 1. The molecule has 6 atom stereocenters. The number of alkyl halides is 1. The van der Waals surface area contributed by atoms with Crippen LogP contribution in [0.4, 0.5) is 4.79 Å². The minimum atomic E-state index is -1.38. The molecule has 0 bridgehead atoms. The summed E-state index contributed by atoms with van der Waals surface area (Å²) in [6, 6.07) is 23.6. The first kappa shape index (κ1) is 45.2. The lowest BCUT2D eigenvalue weighted by Gasteiger charge is -2.60. The van der Waals surface area contributed by atoms with Crippen molar-refractivity contribution in [2.24, 2.45) is 22.9 Å². The fourth-order valence-corrected chi connectivity index (χ4v) is 9.29. The summed E-state index contributed by atoms with van der Waals surface area (Å²) < 4.78 is 26.7. The maximum atomic E-state index is 14.1. The van der Waals surface area contributed by atoms with E-state index in [1.165, 1.54) is 0 Å². The van der Waals surface area contributed by atoms with Crippen molar-refractivity contribution in [3.63, 3.8) is 0 Å². The van der Waals surface area contributed by atoms with E-state index in [2.05, 4.69) is 43.0 Å². The molecule has 1 amide bonds. The monoisotopic (exact) mass is 842 g/mol. The van der Waals surface area contributed by atoms with Crippen molar-refractivity contribution < 1.29 is 38.8 Å². The summed E-state index contributed by atoms with van der Waals surface area (Å²) in [5.41, 5.74) is 4.32. The standard InChI is InChI=1S/C49H63ClN2O8/c1-6-26-52(47(55)56-30-25-50)44-33-42(51-60-48(3,4)5)40-31-36(17-11-13-27-53)39(18-12-14-28-54)45-41-32-38(23-24-43(41)59-49(44,46(40)45)57-29-7-2)58-37-21-19-35(20-22-37)34-15-9-8-10-16-34/h7-10,15-16,19-24,31-32,36,39,44-46,53-54H,2,6,11-14,17-18,25-30,33H2,1,3-5H3/t36-,39+,44-,45+,46+,49+/m0/s1. The van der Waals surface area contributed by atoms with E-state index in [-0.39, 0.29) is 56.5 Å². The molecule has 3 aromatic rings. The van der Waals surface area contributed by atoms with Gasteiger partial charge in [0.25, 0.3) is 0 Å². The molecule has 0 radical (unpaired) electrons. The molecule has 324 valence electrons. The van der Waals surface area contributed by atoms with E-state index < -0.39 is 29.4 Å². The average Bonchev–Trinajstić information content (AvgIpc) is 3.25. The maximum absolute atomic E-state index is 14.1. The third-order valence-corrected chi connectivity index (χ3v) is 11.8. The van der Waals surface area contributed by atoms with E-state index in [0.29, 0.717) is 43.1 Å². The highest BCUT2D eigenvalue weighted by Gasteiger charge is 2.65. The predicted octanol–water partition coefficient (Wildman–Crippen LogP) is 10.7. The number of ether oxygens (including phenoxy) is 4. The molecule has 1 heterocycles. The van der Waals surface area contributed by atoms with Crippen molar-refractivity contribution in [2.75, 3.05) is 38.9 Å². The molecule has 0 spiro atoms. The number of oxime groups is 1. The second-order valence-electron chi connectivity index (χ2n) is 17.0. The smallest absolute Gasteiger partial charge is 0.410 e. The lowest BCUT2D eigenvalue weighted by Crippen LogP contribution is -2.70. The van der Waals surface area contributed by atoms with Crippen molar-refractivity contribution in [3.05, 3.63) is 103 Å². The fourth-order valence-electron chi connectivity index (χ4n) is 9.21. The van der Waals surface area contributed by atoms with Gasteiger partial charge in [0, 0.05) is 37.7 Å². The van der Waals surface area contributed by atoms with Crippen molar-refractivity contribution >= 4 is 23.4 Å². The molecular formula is C49H63ClN2O8. The molecule has 0 unspecified atom stereocenters. The molecule has 1 saturated carbocycles. The van der Waals surface area contributed by atoms with Gasteiger partial charge in [-0.05, 0) is 112 Å². The number of allylic oxidation sites excluding steroid dienone is 1. The zero-order chi connectivity index (χ0) is 42.7. The van der Waals surface area contributed by atoms with Gasteiger partial charge in [0.2, 0.25) is 5.79 Å². The third-order valence-electron chi connectivity index (χ3n) is 11.6. The van der Waals surface area contributed by atoms with Crippen LogP contribution in [0.25, 0.3) is 11.1 Å². The Balaban J connectivity index is 1.55. The molecule has 0 saturated heterocycles. The van der Waals surface area contributed by atoms with Crippen LogP contribution in [0.3, 0.4) is 0 Å². The molecule has 2 N–H and O–H groups in total. The number of carbonyl (C=O) groups is 1. The van der Waals surface area contributed by atoms with Gasteiger partial charge in [-0.2, -0.15) is 0 Å². The minimum Gasteiger partial charge on any atom is -0.459 e. The summed E-state index contributed by atoms with van der Waals surface area (Å²) in [6.07, 6.45) is 9.18. The number of hydrogen-bond donors (Lipinski definition) is 2. The number of unbranched alkanes of at least 4 members (excludes halogenated alkanes) is 2. The average molecular weight is 844 g/mol. The first-order valence-electron chi connectivity index (χ1n) is 21.7. The van der Waals surface area contributed by atoms with Gasteiger partial charge in [-0.15, -0.1) is 18.2 Å². The summed E-state index contributed by atoms with van der Waals surface area (Å²) in [5, 5.41) is 24.7. The molecule has 6 rings (SSSR count). The van der Waals surface area contributed by atoms with Crippen LogP contribution in [0, 0.1) is 17.8 Å². The predicted molar refractivity (Wildman–Crippen MR) is 237 cm³/mol. The van der Waals surface area contributed by atoms with Crippen molar-refractivity contribution in [1.82, 2.24) is 4.90 Å². The highest BCUT2D eigenvalue weighted by molar-refractivity contribution is 6.18. The topological polar surface area (TPSA) is 119 Å². The summed E-state index contributed by atoms with van der Waals surface area (Å²) >= 11 is 6.03. The summed E-state index contributed by atoms with van der Waals surface area (Å²) in [6.45, 7) is 12.8. The number of hydrogen-bond acceptors (Lipinski definition) is 9. The van der Waals surface area contributed by atoms with Gasteiger partial charge in [0.05, 0.1) is 24.1 Å². The molecule has 3 aromatic carbocycles. The van der Waals surface area contributed by atoms with Gasteiger partial charge >= 0.3 is 6.09 Å². The molecule has 2 aliphatic carbocycles. The third kappa shape index (κ3) is 10.4. The number of halogens is 1. The number of aliphatic hydroxyl groups excluding tert-OH is 2. The van der Waals surface area contributed by atoms with Crippen molar-refractivity contribution in [3.8, 4) is 28.4 Å². The van der Waals surface area contributed by atoms with E-state index in [1.54, 1.807) is 11.0 Å². The molecular weight excluding hydrogens is 780 g/mol.